The van der Waals surface area contributed by atoms with Gasteiger partial charge in [-0.3, -0.25) is 9.13 Å². The van der Waals surface area contributed by atoms with Crippen LogP contribution in [0.3, 0.4) is 0 Å². The standard InChI is InChI=1S/C26H23ClFN3O4/c1-34-25(32)18-4-2-3-17(15-18)16-30-22-10-9-21(27)23(28)24(22)31(26(30)33)20-7-5-19(6-8-20)29-11-13-35-14-12-29/h2-10,15H,11-14,16H2,1H3. The summed E-state index contributed by atoms with van der Waals surface area (Å²) in [5, 5.41) is -0.0685. The van der Waals surface area contributed by atoms with Crippen LogP contribution in [0.4, 0.5) is 10.1 Å². The van der Waals surface area contributed by atoms with Crippen molar-refractivity contribution in [2.45, 2.75) is 6.54 Å². The maximum absolute atomic E-state index is 15.3. The first-order valence-electron chi connectivity index (χ1n) is 11.2. The molecule has 1 saturated heterocycles. The number of anilines is 1. The molecule has 3 aromatic carbocycles. The smallest absolute Gasteiger partial charge is 0.337 e. The maximum atomic E-state index is 15.3. The molecule has 0 aliphatic carbocycles. The summed E-state index contributed by atoms with van der Waals surface area (Å²) in [4.78, 5) is 27.8. The van der Waals surface area contributed by atoms with Crippen molar-refractivity contribution in [1.29, 1.82) is 0 Å². The molecule has 1 aliphatic rings. The van der Waals surface area contributed by atoms with Crippen molar-refractivity contribution in [3.05, 3.63) is 93.1 Å². The van der Waals surface area contributed by atoms with E-state index in [1.807, 2.05) is 12.1 Å². The van der Waals surface area contributed by atoms with E-state index in [2.05, 4.69) is 4.90 Å². The molecule has 0 bridgehead atoms. The summed E-state index contributed by atoms with van der Waals surface area (Å²) < 4.78 is 28.3. The molecule has 35 heavy (non-hydrogen) atoms. The van der Waals surface area contributed by atoms with Gasteiger partial charge in [-0.25, -0.2) is 14.0 Å². The largest absolute Gasteiger partial charge is 0.465 e. The number of ether oxygens (including phenoxy) is 2. The normalized spacial score (nSPS) is 13.9. The van der Waals surface area contributed by atoms with E-state index in [4.69, 9.17) is 21.1 Å². The van der Waals surface area contributed by atoms with E-state index in [-0.39, 0.29) is 17.1 Å². The number of imidazole rings is 1. The highest BCUT2D eigenvalue weighted by molar-refractivity contribution is 6.31. The highest BCUT2D eigenvalue weighted by atomic mass is 35.5. The van der Waals surface area contributed by atoms with Gasteiger partial charge < -0.3 is 14.4 Å². The Morgan fingerprint density at radius 2 is 1.77 bits per heavy atom. The summed E-state index contributed by atoms with van der Waals surface area (Å²) in [6.07, 6.45) is 0. The highest BCUT2D eigenvalue weighted by Gasteiger charge is 2.21. The number of methoxy groups -OCH3 is 1. The second kappa shape index (κ2) is 9.56. The first kappa shape index (κ1) is 23.1. The lowest BCUT2D eigenvalue weighted by Crippen LogP contribution is -2.36. The number of hydrogen-bond acceptors (Lipinski definition) is 5. The van der Waals surface area contributed by atoms with Gasteiger partial charge in [0.1, 0.15) is 5.52 Å². The van der Waals surface area contributed by atoms with Crippen molar-refractivity contribution in [2.24, 2.45) is 0 Å². The quantitative estimate of drug-likeness (QED) is 0.387. The summed E-state index contributed by atoms with van der Waals surface area (Å²) in [5.41, 5.74) is 2.70. The van der Waals surface area contributed by atoms with E-state index in [1.165, 1.54) is 22.3 Å². The Morgan fingerprint density at radius 3 is 2.49 bits per heavy atom. The maximum Gasteiger partial charge on any atom is 0.337 e. The Labute approximate surface area is 205 Å². The number of carbonyl (C=O) groups excluding carboxylic acids is 1. The Bertz CT molecular complexity index is 1460. The van der Waals surface area contributed by atoms with Crippen molar-refractivity contribution in [3.63, 3.8) is 0 Å². The second-order valence-electron chi connectivity index (χ2n) is 8.24. The molecule has 0 N–H and O–H groups in total. The molecule has 0 radical (unpaired) electrons. The van der Waals surface area contributed by atoms with Crippen LogP contribution in [0, 0.1) is 5.82 Å². The number of nitrogens with zero attached hydrogens (tertiary/aromatic N) is 3. The van der Waals surface area contributed by atoms with Crippen molar-refractivity contribution in [3.8, 4) is 5.69 Å². The zero-order valence-electron chi connectivity index (χ0n) is 19.0. The third kappa shape index (κ3) is 4.31. The van der Waals surface area contributed by atoms with Crippen LogP contribution < -0.4 is 10.6 Å². The first-order chi connectivity index (χ1) is 17.0. The average molecular weight is 496 g/mol. The molecule has 0 unspecified atom stereocenters. The Balaban J connectivity index is 1.60. The lowest BCUT2D eigenvalue weighted by Gasteiger charge is -2.28. The summed E-state index contributed by atoms with van der Waals surface area (Å²) in [6.45, 7) is 3.03. The predicted molar refractivity (Wildman–Crippen MR) is 132 cm³/mol. The zero-order chi connectivity index (χ0) is 24.5. The van der Waals surface area contributed by atoms with E-state index in [1.54, 1.807) is 42.5 Å². The van der Waals surface area contributed by atoms with Crippen LogP contribution in [0.15, 0.2) is 65.5 Å². The molecule has 180 valence electrons. The third-order valence-corrected chi connectivity index (χ3v) is 6.45. The molecule has 1 fully saturated rings. The van der Waals surface area contributed by atoms with Crippen LogP contribution in [-0.2, 0) is 16.0 Å². The molecular formula is C26H23ClFN3O4. The van der Waals surface area contributed by atoms with Gasteiger partial charge in [0.2, 0.25) is 0 Å². The predicted octanol–water partition coefficient (Wildman–Crippen LogP) is 4.26. The molecule has 0 atom stereocenters. The Hall–Kier alpha value is -3.62. The molecule has 0 amide bonds. The molecule has 0 saturated carbocycles. The minimum Gasteiger partial charge on any atom is -0.465 e. The van der Waals surface area contributed by atoms with Gasteiger partial charge in [-0.1, -0.05) is 23.7 Å². The SMILES string of the molecule is COC(=O)c1cccc(Cn2c(=O)n(-c3ccc(N4CCOCC4)cc3)c3c(F)c(Cl)ccc32)c1. The number of halogens is 2. The van der Waals surface area contributed by atoms with E-state index < -0.39 is 17.5 Å². The van der Waals surface area contributed by atoms with Crippen LogP contribution in [0.5, 0.6) is 0 Å². The van der Waals surface area contributed by atoms with Crippen LogP contribution in [-0.4, -0.2) is 48.5 Å². The van der Waals surface area contributed by atoms with Crippen LogP contribution in [0.2, 0.25) is 5.02 Å². The molecular weight excluding hydrogens is 473 g/mol. The minimum absolute atomic E-state index is 0.0685. The van der Waals surface area contributed by atoms with Crippen molar-refractivity contribution in [1.82, 2.24) is 9.13 Å². The fraction of sp³-hybridized carbons (Fsp3) is 0.231. The van der Waals surface area contributed by atoms with Crippen LogP contribution >= 0.6 is 11.6 Å². The van der Waals surface area contributed by atoms with Crippen LogP contribution in [0.25, 0.3) is 16.7 Å². The summed E-state index contributed by atoms with van der Waals surface area (Å²) in [5.74, 6) is -1.14. The summed E-state index contributed by atoms with van der Waals surface area (Å²) >= 11 is 6.10. The molecule has 5 rings (SSSR count). The number of morpholine rings is 1. The van der Waals surface area contributed by atoms with Gasteiger partial charge in [-0.05, 0) is 54.1 Å². The number of rotatable bonds is 5. The minimum atomic E-state index is -0.666. The number of carbonyl (C=O) groups is 1. The molecule has 7 nitrogen and oxygen atoms in total. The van der Waals surface area contributed by atoms with Crippen molar-refractivity contribution < 1.29 is 18.7 Å². The molecule has 2 heterocycles. The topological polar surface area (TPSA) is 65.7 Å². The summed E-state index contributed by atoms with van der Waals surface area (Å²) in [7, 11) is 1.31. The number of fused-ring (bicyclic) bond motifs is 1. The lowest BCUT2D eigenvalue weighted by molar-refractivity contribution is 0.0600. The summed E-state index contributed by atoms with van der Waals surface area (Å²) in [6, 6.07) is 17.3. The number of esters is 1. The zero-order valence-corrected chi connectivity index (χ0v) is 19.8. The lowest BCUT2D eigenvalue weighted by atomic mass is 10.1. The van der Waals surface area contributed by atoms with Gasteiger partial charge in [-0.2, -0.15) is 0 Å². The molecule has 1 aromatic heterocycles. The average Bonchev–Trinajstić information content (AvgIpc) is 3.18. The Morgan fingerprint density at radius 1 is 1.06 bits per heavy atom. The monoisotopic (exact) mass is 495 g/mol. The van der Waals surface area contributed by atoms with E-state index in [9.17, 15) is 9.59 Å². The molecule has 0 spiro atoms. The fourth-order valence-corrected chi connectivity index (χ4v) is 4.56. The van der Waals surface area contributed by atoms with Gasteiger partial charge in [0.15, 0.2) is 5.82 Å². The van der Waals surface area contributed by atoms with Crippen LogP contribution in [0.1, 0.15) is 15.9 Å². The second-order valence-corrected chi connectivity index (χ2v) is 8.65. The van der Waals surface area contributed by atoms with Crippen molar-refractivity contribution >= 4 is 34.3 Å². The molecule has 9 heteroatoms. The number of aromatic nitrogens is 2. The fourth-order valence-electron chi connectivity index (χ4n) is 4.40. The molecule has 4 aromatic rings. The van der Waals surface area contributed by atoms with Gasteiger partial charge in [0, 0.05) is 18.8 Å². The number of hydrogen-bond donors (Lipinski definition) is 0. The first-order valence-corrected chi connectivity index (χ1v) is 11.6. The van der Waals surface area contributed by atoms with Gasteiger partial charge >= 0.3 is 11.7 Å². The Kier molecular flexibility index (Phi) is 6.32. The van der Waals surface area contributed by atoms with E-state index in [0.29, 0.717) is 35.5 Å². The van der Waals surface area contributed by atoms with Crippen molar-refractivity contribution in [2.75, 3.05) is 38.3 Å². The van der Waals surface area contributed by atoms with Gasteiger partial charge in [0.25, 0.3) is 0 Å². The van der Waals surface area contributed by atoms with E-state index in [0.717, 1.165) is 18.8 Å². The van der Waals surface area contributed by atoms with E-state index >= 15 is 4.39 Å². The highest BCUT2D eigenvalue weighted by Crippen LogP contribution is 2.28. The third-order valence-electron chi connectivity index (χ3n) is 6.16. The molecule has 1 aliphatic heterocycles. The number of benzene rings is 3. The van der Waals surface area contributed by atoms with Gasteiger partial charge in [0.05, 0.1) is 48.7 Å². The van der Waals surface area contributed by atoms with Gasteiger partial charge in [-0.15, -0.1) is 0 Å².